The minimum absolute atomic E-state index is 0.00897. The van der Waals surface area contributed by atoms with Gasteiger partial charge >= 0.3 is 0 Å². The molecule has 0 aliphatic carbocycles. The van der Waals surface area contributed by atoms with Crippen LogP contribution in [0, 0.1) is 11.6 Å². The van der Waals surface area contributed by atoms with Crippen molar-refractivity contribution in [2.24, 2.45) is 7.05 Å². The van der Waals surface area contributed by atoms with Gasteiger partial charge in [-0.1, -0.05) is 0 Å². The number of aromatic nitrogens is 1. The summed E-state index contributed by atoms with van der Waals surface area (Å²) in [6.07, 6.45) is 0.180. The van der Waals surface area contributed by atoms with E-state index in [0.717, 1.165) is 12.1 Å². The second-order valence-corrected chi connectivity index (χ2v) is 7.83. The quantitative estimate of drug-likeness (QED) is 0.710. The zero-order valence-corrected chi connectivity index (χ0v) is 15.2. The van der Waals surface area contributed by atoms with Crippen molar-refractivity contribution in [3.63, 3.8) is 0 Å². The fraction of sp³-hybridized carbons (Fsp3) is 0.312. The van der Waals surface area contributed by atoms with Crippen LogP contribution < -0.4 is 14.8 Å². The van der Waals surface area contributed by atoms with E-state index in [9.17, 15) is 27.1 Å². The summed E-state index contributed by atoms with van der Waals surface area (Å²) in [4.78, 5) is 12.3. The first-order valence-electron chi connectivity index (χ1n) is 7.89. The first-order valence-corrected chi connectivity index (χ1v) is 9.37. The van der Waals surface area contributed by atoms with Crippen molar-refractivity contribution in [1.29, 1.82) is 0 Å². The molecular formula is C16H17F2N3O5S. The number of amides is 1. The molecule has 0 bridgehead atoms. The van der Waals surface area contributed by atoms with E-state index in [-0.39, 0.29) is 28.6 Å². The van der Waals surface area contributed by atoms with Gasteiger partial charge in [-0.25, -0.2) is 21.9 Å². The number of benzene rings is 1. The Kier molecular flexibility index (Phi) is 4.93. The Balaban J connectivity index is 1.97. The summed E-state index contributed by atoms with van der Waals surface area (Å²) < 4.78 is 60.4. The number of nitrogens with one attached hydrogen (secondary N) is 2. The maximum Gasteiger partial charge on any atom is 0.276 e. The fourth-order valence-electron chi connectivity index (χ4n) is 2.64. The molecule has 0 spiro atoms. The number of halogens is 2. The summed E-state index contributed by atoms with van der Waals surface area (Å²) in [5.74, 6) is -3.16. The van der Waals surface area contributed by atoms with Gasteiger partial charge in [-0.05, 0) is 19.1 Å². The monoisotopic (exact) mass is 401 g/mol. The number of carbonyl (C=O) groups excluding carboxylic acids is 1. The topological polar surface area (TPSA) is 110 Å². The van der Waals surface area contributed by atoms with E-state index < -0.39 is 39.7 Å². The fourth-order valence-corrected chi connectivity index (χ4v) is 4.13. The summed E-state index contributed by atoms with van der Waals surface area (Å²) in [5.41, 5.74) is -0.128. The number of aryl methyl sites for hydroxylation is 1. The molecule has 1 aliphatic heterocycles. The van der Waals surface area contributed by atoms with E-state index in [1.807, 2.05) is 0 Å². The number of fused-ring (bicyclic) bond motifs is 1. The third kappa shape index (κ3) is 3.66. The average Bonchev–Trinajstić information content (AvgIpc) is 2.85. The molecule has 0 radical (unpaired) electrons. The summed E-state index contributed by atoms with van der Waals surface area (Å²) in [6, 6.07) is 1.93. The van der Waals surface area contributed by atoms with Crippen molar-refractivity contribution in [2.75, 3.05) is 11.9 Å². The summed E-state index contributed by atoms with van der Waals surface area (Å²) in [5, 5.41) is 12.0. The predicted molar refractivity (Wildman–Crippen MR) is 91.0 cm³/mol. The summed E-state index contributed by atoms with van der Waals surface area (Å²) in [7, 11) is -2.59. The number of rotatable bonds is 3. The molecule has 1 aromatic heterocycles. The van der Waals surface area contributed by atoms with Crippen LogP contribution in [0.5, 0.6) is 5.75 Å². The number of hydrogen-bond acceptors (Lipinski definition) is 5. The number of carbonyl (C=O) groups is 1. The van der Waals surface area contributed by atoms with Crippen LogP contribution in [0.15, 0.2) is 29.3 Å². The van der Waals surface area contributed by atoms with E-state index in [0.29, 0.717) is 0 Å². The Labute approximate surface area is 153 Å². The Morgan fingerprint density at radius 1 is 1.41 bits per heavy atom. The lowest BCUT2D eigenvalue weighted by molar-refractivity contribution is 0.100. The van der Waals surface area contributed by atoms with E-state index in [2.05, 4.69) is 10.0 Å². The number of hydrogen-bond donors (Lipinski definition) is 3. The van der Waals surface area contributed by atoms with Crippen molar-refractivity contribution in [1.82, 2.24) is 9.29 Å². The van der Waals surface area contributed by atoms with Gasteiger partial charge in [0.25, 0.3) is 5.91 Å². The molecule has 8 nitrogen and oxygen atoms in total. The lowest BCUT2D eigenvalue weighted by Gasteiger charge is -2.18. The molecule has 2 aromatic rings. The van der Waals surface area contributed by atoms with Gasteiger partial charge in [-0.3, -0.25) is 4.79 Å². The van der Waals surface area contributed by atoms with E-state index in [1.54, 1.807) is 0 Å². The number of aliphatic hydroxyl groups is 1. The lowest BCUT2D eigenvalue weighted by atomic mass is 10.2. The molecule has 1 aromatic carbocycles. The van der Waals surface area contributed by atoms with Crippen molar-refractivity contribution in [3.05, 3.63) is 41.7 Å². The minimum Gasteiger partial charge on any atom is -0.488 e. The highest BCUT2D eigenvalue weighted by molar-refractivity contribution is 7.89. The molecule has 2 heterocycles. The Bertz CT molecular complexity index is 1000. The van der Waals surface area contributed by atoms with E-state index in [4.69, 9.17) is 4.74 Å². The van der Waals surface area contributed by atoms with Crippen molar-refractivity contribution in [3.8, 4) is 5.75 Å². The second-order valence-electron chi connectivity index (χ2n) is 6.14. The van der Waals surface area contributed by atoms with Gasteiger partial charge in [0.1, 0.15) is 11.5 Å². The molecule has 3 N–H and O–H groups in total. The Hall–Kier alpha value is -2.50. The zero-order valence-electron chi connectivity index (χ0n) is 14.4. The van der Waals surface area contributed by atoms with E-state index >= 15 is 0 Å². The molecule has 0 unspecified atom stereocenters. The molecule has 0 fully saturated rings. The van der Waals surface area contributed by atoms with E-state index in [1.165, 1.54) is 30.8 Å². The number of anilines is 1. The highest BCUT2D eigenvalue weighted by atomic mass is 32.2. The van der Waals surface area contributed by atoms with Crippen LogP contribution in [0.2, 0.25) is 0 Å². The normalized spacial score (nSPS) is 19.5. The highest BCUT2D eigenvalue weighted by Crippen LogP contribution is 2.33. The molecular weight excluding hydrogens is 384 g/mol. The van der Waals surface area contributed by atoms with Gasteiger partial charge in [0, 0.05) is 25.0 Å². The first-order chi connectivity index (χ1) is 12.6. The third-order valence-electron chi connectivity index (χ3n) is 4.08. The molecule has 11 heteroatoms. The maximum absolute atomic E-state index is 13.3. The van der Waals surface area contributed by atoms with Crippen LogP contribution >= 0.6 is 0 Å². The molecule has 3 rings (SSSR count). The molecule has 0 saturated carbocycles. The van der Waals surface area contributed by atoms with Crippen LogP contribution in [0.4, 0.5) is 14.5 Å². The minimum atomic E-state index is -4.04. The SMILES string of the molecule is C[C@H](O)[C@H]1COc2c(cn(C)c2C(=O)Nc2ccc(F)c(F)c2)S(=O)(=O)N1. The van der Waals surface area contributed by atoms with Gasteiger partial charge in [0.15, 0.2) is 23.1 Å². The third-order valence-corrected chi connectivity index (χ3v) is 5.56. The van der Waals surface area contributed by atoms with Gasteiger partial charge in [-0.15, -0.1) is 0 Å². The van der Waals surface area contributed by atoms with Crippen LogP contribution in [-0.4, -0.2) is 42.8 Å². The van der Waals surface area contributed by atoms with Gasteiger partial charge in [0.2, 0.25) is 10.0 Å². The van der Waals surface area contributed by atoms with Gasteiger partial charge < -0.3 is 19.7 Å². The van der Waals surface area contributed by atoms with Crippen LogP contribution in [0.25, 0.3) is 0 Å². The summed E-state index contributed by atoms with van der Waals surface area (Å²) in [6.45, 7) is 1.21. The van der Waals surface area contributed by atoms with Crippen molar-refractivity contribution in [2.45, 2.75) is 24.0 Å². The van der Waals surface area contributed by atoms with Crippen molar-refractivity contribution < 1.29 is 31.8 Å². The zero-order chi connectivity index (χ0) is 19.9. The van der Waals surface area contributed by atoms with Gasteiger partial charge in [-0.2, -0.15) is 0 Å². The largest absolute Gasteiger partial charge is 0.488 e. The van der Waals surface area contributed by atoms with Crippen molar-refractivity contribution >= 4 is 21.6 Å². The Morgan fingerprint density at radius 3 is 2.74 bits per heavy atom. The number of sulfonamides is 1. The average molecular weight is 401 g/mol. The molecule has 146 valence electrons. The van der Waals surface area contributed by atoms with Crippen LogP contribution in [0.1, 0.15) is 17.4 Å². The van der Waals surface area contributed by atoms with Gasteiger partial charge in [0.05, 0.1) is 12.1 Å². The summed E-state index contributed by atoms with van der Waals surface area (Å²) >= 11 is 0. The maximum atomic E-state index is 13.3. The number of ether oxygens (including phenoxy) is 1. The number of aliphatic hydroxyl groups excluding tert-OH is 1. The molecule has 1 amide bonds. The lowest BCUT2D eigenvalue weighted by Crippen LogP contribution is -2.44. The van der Waals surface area contributed by atoms with Crippen LogP contribution in [0.3, 0.4) is 0 Å². The second kappa shape index (κ2) is 6.91. The predicted octanol–water partition coefficient (Wildman–Crippen LogP) is 0.976. The van der Waals surface area contributed by atoms with Crippen LogP contribution in [-0.2, 0) is 17.1 Å². The Morgan fingerprint density at radius 2 is 2.11 bits per heavy atom. The molecule has 27 heavy (non-hydrogen) atoms. The first kappa shape index (κ1) is 19.3. The highest BCUT2D eigenvalue weighted by Gasteiger charge is 2.35. The molecule has 2 atom stereocenters. The molecule has 1 aliphatic rings. The molecule has 0 saturated heterocycles. The number of nitrogens with zero attached hydrogens (tertiary/aromatic N) is 1. The standard InChI is InChI=1S/C16H17F2N3O5S/c1-8(22)12-7-26-15-13(27(24,25)20-12)6-21(2)14(15)16(23)19-9-3-4-10(17)11(18)5-9/h3-6,8,12,20,22H,7H2,1-2H3,(H,19,23)/t8-,12+/m0/s1. The smallest absolute Gasteiger partial charge is 0.276 e.